The van der Waals surface area contributed by atoms with Crippen LogP contribution < -0.4 is 5.32 Å². The van der Waals surface area contributed by atoms with E-state index in [1.54, 1.807) is 16.4 Å². The SMILES string of the molecule is Cc1cccc(S(=O)(=O)N2CCC3(CCNC3)C2)c1. The van der Waals surface area contributed by atoms with E-state index in [9.17, 15) is 8.42 Å². The van der Waals surface area contributed by atoms with E-state index in [0.29, 0.717) is 18.0 Å². The Bertz CT molecular complexity index is 577. The topological polar surface area (TPSA) is 49.4 Å². The van der Waals surface area contributed by atoms with Crippen LogP contribution >= 0.6 is 0 Å². The van der Waals surface area contributed by atoms with Gasteiger partial charge in [0.25, 0.3) is 0 Å². The molecule has 0 saturated carbocycles. The number of benzene rings is 1. The van der Waals surface area contributed by atoms with E-state index in [1.165, 1.54) is 0 Å². The number of hydrogen-bond donors (Lipinski definition) is 1. The number of aryl methyl sites for hydroxylation is 1. The molecule has 0 bridgehead atoms. The van der Waals surface area contributed by atoms with Crippen LogP contribution in [0.3, 0.4) is 0 Å². The predicted octanol–water partition coefficient (Wildman–Crippen LogP) is 1.37. The summed E-state index contributed by atoms with van der Waals surface area (Å²) in [5, 5.41) is 3.35. The molecule has 0 radical (unpaired) electrons. The summed E-state index contributed by atoms with van der Waals surface area (Å²) in [6.07, 6.45) is 2.07. The third kappa shape index (κ3) is 2.30. The lowest BCUT2D eigenvalue weighted by atomic mass is 9.87. The maximum absolute atomic E-state index is 12.6. The maximum atomic E-state index is 12.6. The molecule has 2 aliphatic heterocycles. The number of hydrogen-bond acceptors (Lipinski definition) is 3. The van der Waals surface area contributed by atoms with E-state index in [2.05, 4.69) is 5.32 Å². The minimum atomic E-state index is -3.32. The van der Waals surface area contributed by atoms with E-state index in [-0.39, 0.29) is 5.41 Å². The first-order chi connectivity index (χ1) is 9.02. The Kier molecular flexibility index (Phi) is 3.15. The molecule has 1 spiro atoms. The fraction of sp³-hybridized carbons (Fsp3) is 0.571. The zero-order chi connectivity index (χ0) is 13.5. The minimum absolute atomic E-state index is 0.177. The molecule has 2 aliphatic rings. The Morgan fingerprint density at radius 1 is 1.32 bits per heavy atom. The van der Waals surface area contributed by atoms with Crippen molar-refractivity contribution in [2.75, 3.05) is 26.2 Å². The summed E-state index contributed by atoms with van der Waals surface area (Å²) in [7, 11) is -3.32. The predicted molar refractivity (Wildman–Crippen MR) is 74.5 cm³/mol. The molecule has 2 saturated heterocycles. The van der Waals surface area contributed by atoms with Crippen LogP contribution in [0.2, 0.25) is 0 Å². The number of nitrogens with zero attached hydrogens (tertiary/aromatic N) is 1. The summed E-state index contributed by atoms with van der Waals surface area (Å²) >= 11 is 0. The van der Waals surface area contributed by atoms with Crippen molar-refractivity contribution in [3.63, 3.8) is 0 Å². The minimum Gasteiger partial charge on any atom is -0.316 e. The summed E-state index contributed by atoms with van der Waals surface area (Å²) in [6, 6.07) is 7.18. The van der Waals surface area contributed by atoms with Crippen LogP contribution in [0.15, 0.2) is 29.2 Å². The van der Waals surface area contributed by atoms with Crippen molar-refractivity contribution in [3.05, 3.63) is 29.8 Å². The zero-order valence-corrected chi connectivity index (χ0v) is 12.0. The molecule has 3 rings (SSSR count). The molecule has 1 aromatic carbocycles. The third-order valence-electron chi connectivity index (χ3n) is 4.36. The van der Waals surface area contributed by atoms with Gasteiger partial charge < -0.3 is 5.32 Å². The Morgan fingerprint density at radius 2 is 2.16 bits per heavy atom. The van der Waals surface area contributed by atoms with Gasteiger partial charge >= 0.3 is 0 Å². The third-order valence-corrected chi connectivity index (χ3v) is 6.20. The molecule has 0 aromatic heterocycles. The van der Waals surface area contributed by atoms with Gasteiger partial charge in [0.1, 0.15) is 0 Å². The van der Waals surface area contributed by atoms with E-state index in [4.69, 9.17) is 0 Å². The normalized spacial score (nSPS) is 28.3. The molecule has 104 valence electrons. The Balaban J connectivity index is 1.86. The highest BCUT2D eigenvalue weighted by molar-refractivity contribution is 7.89. The highest BCUT2D eigenvalue weighted by Crippen LogP contribution is 2.38. The highest BCUT2D eigenvalue weighted by Gasteiger charge is 2.44. The lowest BCUT2D eigenvalue weighted by Gasteiger charge is -2.22. The van der Waals surface area contributed by atoms with E-state index in [0.717, 1.165) is 31.5 Å². The van der Waals surface area contributed by atoms with Gasteiger partial charge in [-0.1, -0.05) is 12.1 Å². The van der Waals surface area contributed by atoms with Gasteiger partial charge in [0.15, 0.2) is 0 Å². The molecule has 1 atom stereocenters. The molecule has 4 nitrogen and oxygen atoms in total. The first kappa shape index (κ1) is 13.1. The summed E-state index contributed by atoms with van der Waals surface area (Å²) in [5.41, 5.74) is 1.16. The quantitative estimate of drug-likeness (QED) is 0.890. The summed E-state index contributed by atoms with van der Waals surface area (Å²) in [4.78, 5) is 0.426. The molecular weight excluding hydrogens is 260 g/mol. The van der Waals surface area contributed by atoms with Crippen LogP contribution in [0.1, 0.15) is 18.4 Å². The largest absolute Gasteiger partial charge is 0.316 e. The molecule has 2 fully saturated rings. The van der Waals surface area contributed by atoms with Gasteiger partial charge in [0.2, 0.25) is 10.0 Å². The van der Waals surface area contributed by atoms with Crippen molar-refractivity contribution in [3.8, 4) is 0 Å². The second-order valence-corrected chi connectivity index (χ2v) is 7.77. The van der Waals surface area contributed by atoms with Gasteiger partial charge in [-0.15, -0.1) is 0 Å². The summed E-state index contributed by atoms with van der Waals surface area (Å²) < 4.78 is 26.9. The molecule has 19 heavy (non-hydrogen) atoms. The molecule has 5 heteroatoms. The molecule has 0 aliphatic carbocycles. The number of nitrogens with one attached hydrogen (secondary N) is 1. The van der Waals surface area contributed by atoms with Crippen LogP contribution in [0.25, 0.3) is 0 Å². The lowest BCUT2D eigenvalue weighted by Crippen LogP contribution is -2.33. The fourth-order valence-electron chi connectivity index (χ4n) is 3.17. The van der Waals surface area contributed by atoms with Crippen molar-refractivity contribution in [1.29, 1.82) is 0 Å². The maximum Gasteiger partial charge on any atom is 0.243 e. The van der Waals surface area contributed by atoms with Crippen molar-refractivity contribution in [1.82, 2.24) is 9.62 Å². The summed E-state index contributed by atoms with van der Waals surface area (Å²) in [6.45, 7) is 5.20. The summed E-state index contributed by atoms with van der Waals surface area (Å²) in [5.74, 6) is 0. The van der Waals surface area contributed by atoms with Crippen molar-refractivity contribution in [2.45, 2.75) is 24.7 Å². The van der Waals surface area contributed by atoms with E-state index >= 15 is 0 Å². The van der Waals surface area contributed by atoms with Crippen LogP contribution in [-0.4, -0.2) is 38.9 Å². The monoisotopic (exact) mass is 280 g/mol. The molecule has 2 heterocycles. The Labute approximate surface area is 114 Å². The molecule has 1 unspecified atom stereocenters. The smallest absolute Gasteiger partial charge is 0.243 e. The highest BCUT2D eigenvalue weighted by atomic mass is 32.2. The van der Waals surface area contributed by atoms with Crippen LogP contribution in [0.5, 0.6) is 0 Å². The van der Waals surface area contributed by atoms with E-state index < -0.39 is 10.0 Å². The first-order valence-electron chi connectivity index (χ1n) is 6.80. The van der Waals surface area contributed by atoms with Gasteiger partial charge in [-0.3, -0.25) is 0 Å². The van der Waals surface area contributed by atoms with Crippen LogP contribution in [0, 0.1) is 12.3 Å². The van der Waals surface area contributed by atoms with Crippen molar-refractivity contribution >= 4 is 10.0 Å². The number of sulfonamides is 1. The average Bonchev–Trinajstić information content (AvgIpc) is 3.01. The number of rotatable bonds is 2. The first-order valence-corrected chi connectivity index (χ1v) is 8.24. The van der Waals surface area contributed by atoms with Gasteiger partial charge in [0.05, 0.1) is 4.90 Å². The molecule has 1 aromatic rings. The van der Waals surface area contributed by atoms with Crippen LogP contribution in [0.4, 0.5) is 0 Å². The second-order valence-electron chi connectivity index (χ2n) is 5.83. The van der Waals surface area contributed by atoms with Gasteiger partial charge in [-0.25, -0.2) is 8.42 Å². The molecular formula is C14H20N2O2S. The second kappa shape index (κ2) is 4.58. The van der Waals surface area contributed by atoms with Gasteiger partial charge in [-0.05, 0) is 49.4 Å². The zero-order valence-electron chi connectivity index (χ0n) is 11.2. The van der Waals surface area contributed by atoms with Crippen LogP contribution in [-0.2, 0) is 10.0 Å². The molecule has 0 amide bonds. The average molecular weight is 280 g/mol. The van der Waals surface area contributed by atoms with Crippen molar-refractivity contribution in [2.24, 2.45) is 5.41 Å². The Hall–Kier alpha value is -0.910. The lowest BCUT2D eigenvalue weighted by molar-refractivity contribution is 0.338. The van der Waals surface area contributed by atoms with Gasteiger partial charge in [-0.2, -0.15) is 4.31 Å². The fourth-order valence-corrected chi connectivity index (χ4v) is 4.83. The van der Waals surface area contributed by atoms with Crippen molar-refractivity contribution < 1.29 is 8.42 Å². The van der Waals surface area contributed by atoms with Gasteiger partial charge in [0, 0.05) is 19.6 Å². The standard InChI is InChI=1S/C14H20N2O2S/c1-12-3-2-4-13(9-12)19(17,18)16-8-6-14(11-16)5-7-15-10-14/h2-4,9,15H,5-8,10-11H2,1H3. The molecule has 1 N–H and O–H groups in total. The van der Waals surface area contributed by atoms with E-state index in [1.807, 2.05) is 19.1 Å². The Morgan fingerprint density at radius 3 is 2.84 bits per heavy atom.